The van der Waals surface area contributed by atoms with Crippen LogP contribution in [0, 0.1) is 5.92 Å². The van der Waals surface area contributed by atoms with Gasteiger partial charge < -0.3 is 9.30 Å². The number of carbonyl (C=O) groups is 1. The lowest BCUT2D eigenvalue weighted by Gasteiger charge is -2.22. The van der Waals surface area contributed by atoms with E-state index in [1.54, 1.807) is 0 Å². The number of imidazole rings is 1. The second-order valence-electron chi connectivity index (χ2n) is 5.18. The lowest BCUT2D eigenvalue weighted by atomic mass is 10.0. The van der Waals surface area contributed by atoms with Gasteiger partial charge in [0.1, 0.15) is 11.9 Å². The number of ether oxygens (including phenoxy) is 1. The molecule has 0 radical (unpaired) electrons. The molecule has 1 heterocycles. The van der Waals surface area contributed by atoms with Crippen LogP contribution in [-0.2, 0) is 16.0 Å². The minimum Gasteiger partial charge on any atom is -0.467 e. The number of aromatic nitrogens is 2. The highest BCUT2D eigenvalue weighted by Gasteiger charge is 2.29. The van der Waals surface area contributed by atoms with Gasteiger partial charge in [0, 0.05) is 16.8 Å². The normalized spacial score (nSPS) is 12.9. The highest BCUT2D eigenvalue weighted by Crippen LogP contribution is 2.29. The van der Waals surface area contributed by atoms with Crippen LogP contribution in [0.1, 0.15) is 25.7 Å². The van der Waals surface area contributed by atoms with Crippen molar-refractivity contribution in [1.82, 2.24) is 9.55 Å². The lowest BCUT2D eigenvalue weighted by Crippen LogP contribution is -2.27. The van der Waals surface area contributed by atoms with Gasteiger partial charge in [0.05, 0.1) is 18.1 Å². The van der Waals surface area contributed by atoms with E-state index in [9.17, 15) is 4.79 Å². The molecule has 0 fully saturated rings. The largest absolute Gasteiger partial charge is 0.467 e. The summed E-state index contributed by atoms with van der Waals surface area (Å²) in [6, 6.07) is 5.43. The maximum absolute atomic E-state index is 12.2. The van der Waals surface area contributed by atoms with Crippen LogP contribution in [0.5, 0.6) is 0 Å². The number of rotatable bonds is 5. The number of alkyl halides is 1. The van der Waals surface area contributed by atoms with Gasteiger partial charge in [-0.25, -0.2) is 9.78 Å². The van der Waals surface area contributed by atoms with Crippen molar-refractivity contribution in [2.45, 2.75) is 26.3 Å². The van der Waals surface area contributed by atoms with Gasteiger partial charge >= 0.3 is 5.97 Å². The van der Waals surface area contributed by atoms with E-state index < -0.39 is 6.04 Å². The molecule has 0 N–H and O–H groups in total. The number of carbonyl (C=O) groups excluding carboxylic acids is 1. The number of hydrogen-bond acceptors (Lipinski definition) is 3. The third kappa shape index (κ3) is 3.24. The predicted octanol–water partition coefficient (Wildman–Crippen LogP) is 3.95. The van der Waals surface area contributed by atoms with Gasteiger partial charge in [0.2, 0.25) is 0 Å². The van der Waals surface area contributed by atoms with E-state index in [4.69, 9.17) is 16.3 Å². The topological polar surface area (TPSA) is 44.1 Å². The first-order valence-corrected chi connectivity index (χ1v) is 8.12. The summed E-state index contributed by atoms with van der Waals surface area (Å²) in [7, 11) is 1.41. The van der Waals surface area contributed by atoms with Crippen LogP contribution in [0.25, 0.3) is 11.0 Å². The Labute approximate surface area is 137 Å². The van der Waals surface area contributed by atoms with Gasteiger partial charge in [-0.05, 0) is 24.1 Å². The van der Waals surface area contributed by atoms with Crippen molar-refractivity contribution in [1.29, 1.82) is 0 Å². The highest BCUT2D eigenvalue weighted by molar-refractivity contribution is 9.10. The first kappa shape index (κ1) is 16.3. The minimum absolute atomic E-state index is 0.0860. The Morgan fingerprint density at radius 1 is 1.48 bits per heavy atom. The van der Waals surface area contributed by atoms with Crippen LogP contribution >= 0.6 is 27.5 Å². The van der Waals surface area contributed by atoms with Crippen molar-refractivity contribution in [2.75, 3.05) is 13.0 Å². The Balaban J connectivity index is 2.70. The Bertz CT molecular complexity index is 654. The lowest BCUT2D eigenvalue weighted by molar-refractivity contribution is -0.145. The SMILES string of the molecule is COC(=O)C(C(C)C)n1c(CCCl)nc2ccc(Br)cc21. The molecule has 0 aliphatic heterocycles. The molecule has 0 saturated heterocycles. The van der Waals surface area contributed by atoms with E-state index in [0.717, 1.165) is 21.3 Å². The number of benzene rings is 1. The van der Waals surface area contributed by atoms with E-state index in [0.29, 0.717) is 12.3 Å². The molecule has 2 rings (SSSR count). The molecule has 21 heavy (non-hydrogen) atoms. The Morgan fingerprint density at radius 3 is 2.76 bits per heavy atom. The monoisotopic (exact) mass is 372 g/mol. The molecule has 1 atom stereocenters. The smallest absolute Gasteiger partial charge is 0.329 e. The van der Waals surface area contributed by atoms with Crippen molar-refractivity contribution in [3.63, 3.8) is 0 Å². The van der Waals surface area contributed by atoms with Crippen LogP contribution < -0.4 is 0 Å². The number of esters is 1. The van der Waals surface area contributed by atoms with Crippen molar-refractivity contribution in [3.8, 4) is 0 Å². The van der Waals surface area contributed by atoms with Gasteiger partial charge in [0.25, 0.3) is 0 Å². The van der Waals surface area contributed by atoms with Gasteiger partial charge in [-0.15, -0.1) is 11.6 Å². The fraction of sp³-hybridized carbons (Fsp3) is 0.467. The van der Waals surface area contributed by atoms with Crippen molar-refractivity contribution >= 4 is 44.5 Å². The molecule has 0 spiro atoms. The Hall–Kier alpha value is -1.07. The predicted molar refractivity (Wildman–Crippen MR) is 87.7 cm³/mol. The van der Waals surface area contributed by atoms with Gasteiger partial charge in [0.15, 0.2) is 0 Å². The standard InChI is InChI=1S/C15H18BrClN2O2/c1-9(2)14(15(20)21-3)19-12-8-10(16)4-5-11(12)18-13(19)6-7-17/h4-5,8-9,14H,6-7H2,1-3H3. The van der Waals surface area contributed by atoms with Crippen LogP contribution in [0.15, 0.2) is 22.7 Å². The molecule has 0 saturated carbocycles. The number of halogens is 2. The van der Waals surface area contributed by atoms with E-state index in [1.807, 2.05) is 36.6 Å². The molecule has 114 valence electrons. The molecule has 1 unspecified atom stereocenters. The number of fused-ring (bicyclic) bond motifs is 1. The zero-order valence-electron chi connectivity index (χ0n) is 12.3. The summed E-state index contributed by atoms with van der Waals surface area (Å²) in [6.07, 6.45) is 0.605. The molecule has 1 aromatic heterocycles. The zero-order valence-corrected chi connectivity index (χ0v) is 14.6. The summed E-state index contributed by atoms with van der Waals surface area (Å²) in [5.41, 5.74) is 1.77. The van der Waals surface area contributed by atoms with E-state index in [2.05, 4.69) is 20.9 Å². The quantitative estimate of drug-likeness (QED) is 0.589. The Morgan fingerprint density at radius 2 is 2.19 bits per heavy atom. The fourth-order valence-electron chi connectivity index (χ4n) is 2.48. The third-order valence-corrected chi connectivity index (χ3v) is 4.08. The van der Waals surface area contributed by atoms with Crippen LogP contribution in [0.3, 0.4) is 0 Å². The minimum atomic E-state index is -0.410. The number of nitrogens with zero attached hydrogens (tertiary/aromatic N) is 2. The molecule has 0 bridgehead atoms. The van der Waals surface area contributed by atoms with E-state index in [1.165, 1.54) is 7.11 Å². The first-order chi connectivity index (χ1) is 9.99. The van der Waals surface area contributed by atoms with Crippen LogP contribution in [0.4, 0.5) is 0 Å². The summed E-state index contributed by atoms with van der Waals surface area (Å²) < 4.78 is 7.88. The zero-order chi connectivity index (χ0) is 15.6. The van der Waals surface area contributed by atoms with Crippen molar-refractivity contribution in [3.05, 3.63) is 28.5 Å². The summed E-state index contributed by atoms with van der Waals surface area (Å²) in [5, 5.41) is 0. The number of methoxy groups -OCH3 is 1. The van der Waals surface area contributed by atoms with Gasteiger partial charge in [-0.3, -0.25) is 0 Å². The molecule has 0 aliphatic rings. The van der Waals surface area contributed by atoms with Gasteiger partial charge in [-0.1, -0.05) is 29.8 Å². The molecule has 0 aliphatic carbocycles. The molecule has 1 aromatic carbocycles. The fourth-order valence-corrected chi connectivity index (χ4v) is 3.00. The number of hydrogen-bond donors (Lipinski definition) is 0. The van der Waals surface area contributed by atoms with E-state index in [-0.39, 0.29) is 11.9 Å². The highest BCUT2D eigenvalue weighted by atomic mass is 79.9. The molecular formula is C15H18BrClN2O2. The molecule has 6 heteroatoms. The second-order valence-corrected chi connectivity index (χ2v) is 6.48. The molecule has 0 amide bonds. The summed E-state index contributed by atoms with van der Waals surface area (Å²) >= 11 is 9.36. The maximum Gasteiger partial charge on any atom is 0.329 e. The summed E-state index contributed by atoms with van der Waals surface area (Å²) in [5.74, 6) is 1.08. The maximum atomic E-state index is 12.2. The second kappa shape index (κ2) is 6.79. The summed E-state index contributed by atoms with van der Waals surface area (Å²) in [6.45, 7) is 3.99. The van der Waals surface area contributed by atoms with Crippen LogP contribution in [-0.4, -0.2) is 28.5 Å². The first-order valence-electron chi connectivity index (χ1n) is 6.79. The van der Waals surface area contributed by atoms with Crippen molar-refractivity contribution in [2.24, 2.45) is 5.92 Å². The van der Waals surface area contributed by atoms with Crippen molar-refractivity contribution < 1.29 is 9.53 Å². The average Bonchev–Trinajstić information content (AvgIpc) is 2.77. The van der Waals surface area contributed by atoms with E-state index >= 15 is 0 Å². The summed E-state index contributed by atoms with van der Waals surface area (Å²) in [4.78, 5) is 16.8. The molecule has 2 aromatic rings. The Kier molecular flexibility index (Phi) is 5.27. The van der Waals surface area contributed by atoms with Crippen LogP contribution in [0.2, 0.25) is 0 Å². The van der Waals surface area contributed by atoms with Gasteiger partial charge in [-0.2, -0.15) is 0 Å². The third-order valence-electron chi connectivity index (χ3n) is 3.40. The molecular weight excluding hydrogens is 356 g/mol. The number of aryl methyl sites for hydroxylation is 1. The average molecular weight is 374 g/mol. The molecule has 4 nitrogen and oxygen atoms in total.